The van der Waals surface area contributed by atoms with Crippen LogP contribution in [-0.4, -0.2) is 22.8 Å². The molecule has 0 saturated heterocycles. The average Bonchev–Trinajstić information content (AvgIpc) is 2.60. The van der Waals surface area contributed by atoms with E-state index < -0.39 is 23.7 Å². The van der Waals surface area contributed by atoms with Crippen molar-refractivity contribution in [1.29, 1.82) is 0 Å². The van der Waals surface area contributed by atoms with Gasteiger partial charge in [-0.15, -0.1) is 0 Å². The van der Waals surface area contributed by atoms with E-state index in [1.807, 2.05) is 6.07 Å². The van der Waals surface area contributed by atoms with Crippen molar-refractivity contribution in [3.8, 4) is 0 Å². The van der Waals surface area contributed by atoms with E-state index in [0.29, 0.717) is 22.0 Å². The van der Waals surface area contributed by atoms with Crippen molar-refractivity contribution >= 4 is 22.7 Å². The zero-order chi connectivity index (χ0) is 17.8. The molecule has 0 aliphatic carbocycles. The maximum Gasteiger partial charge on any atom is 0.252 e. The molecule has 0 spiro atoms. The fraction of sp³-hybridized carbons (Fsp3) is 0.105. The lowest BCUT2D eigenvalue weighted by atomic mass is 10.0. The molecule has 126 valence electrons. The molecule has 3 rings (SSSR count). The highest BCUT2D eigenvalue weighted by Gasteiger charge is 2.21. The summed E-state index contributed by atoms with van der Waals surface area (Å²) in [6, 6.07) is 13.7. The van der Waals surface area contributed by atoms with Crippen molar-refractivity contribution in [2.24, 2.45) is 5.73 Å². The molecule has 25 heavy (non-hydrogen) atoms. The molecule has 1 aromatic heterocycles. The van der Waals surface area contributed by atoms with Crippen LogP contribution in [0.1, 0.15) is 15.9 Å². The van der Waals surface area contributed by atoms with Gasteiger partial charge in [-0.3, -0.25) is 14.6 Å². The highest BCUT2D eigenvalue weighted by atomic mass is 19.1. The quantitative estimate of drug-likeness (QED) is 0.748. The predicted molar refractivity (Wildman–Crippen MR) is 92.3 cm³/mol. The minimum Gasteiger partial charge on any atom is -0.368 e. The number of benzene rings is 2. The van der Waals surface area contributed by atoms with Crippen LogP contribution in [0.15, 0.2) is 60.8 Å². The van der Waals surface area contributed by atoms with E-state index in [1.54, 1.807) is 36.4 Å². The number of fused-ring (bicyclic) bond motifs is 1. The summed E-state index contributed by atoms with van der Waals surface area (Å²) in [6.07, 6.45) is 1.64. The molecule has 0 aliphatic heterocycles. The van der Waals surface area contributed by atoms with E-state index >= 15 is 0 Å². The van der Waals surface area contributed by atoms with Gasteiger partial charge in [-0.2, -0.15) is 0 Å². The van der Waals surface area contributed by atoms with E-state index in [0.717, 1.165) is 0 Å². The normalized spacial score (nSPS) is 11.9. The van der Waals surface area contributed by atoms with Gasteiger partial charge in [0.05, 0.1) is 11.1 Å². The number of nitrogens with one attached hydrogen (secondary N) is 1. The van der Waals surface area contributed by atoms with Crippen LogP contribution in [-0.2, 0) is 11.2 Å². The fourth-order valence-corrected chi connectivity index (χ4v) is 2.65. The van der Waals surface area contributed by atoms with Crippen LogP contribution in [0.2, 0.25) is 0 Å². The van der Waals surface area contributed by atoms with Crippen LogP contribution in [0.25, 0.3) is 10.9 Å². The highest BCUT2D eigenvalue weighted by molar-refractivity contribution is 6.07. The summed E-state index contributed by atoms with van der Waals surface area (Å²) >= 11 is 0. The second kappa shape index (κ2) is 7.09. The summed E-state index contributed by atoms with van der Waals surface area (Å²) in [5, 5.41) is 3.31. The zero-order valence-corrected chi connectivity index (χ0v) is 13.3. The van der Waals surface area contributed by atoms with Gasteiger partial charge in [0.15, 0.2) is 0 Å². The second-order valence-corrected chi connectivity index (χ2v) is 5.64. The number of hydrogen-bond donors (Lipinski definition) is 2. The van der Waals surface area contributed by atoms with Gasteiger partial charge in [-0.1, -0.05) is 30.3 Å². The SMILES string of the molecule is NC(=O)[C@@H](Cc1cccc(F)c1)NC(=O)c1ccnc2ccccc12. The number of nitrogens with two attached hydrogens (primary N) is 1. The first kappa shape index (κ1) is 16.6. The minimum atomic E-state index is -0.943. The number of carbonyl (C=O) groups excluding carboxylic acids is 2. The van der Waals surface area contributed by atoms with Crippen LogP contribution in [0, 0.1) is 5.82 Å². The lowest BCUT2D eigenvalue weighted by Crippen LogP contribution is -2.45. The molecular formula is C19H16FN3O2. The molecule has 1 heterocycles. The Balaban J connectivity index is 1.84. The standard InChI is InChI=1S/C19H16FN3O2/c20-13-5-3-4-12(10-13)11-17(18(21)24)23-19(25)15-8-9-22-16-7-2-1-6-14(15)16/h1-10,17H,11H2,(H2,21,24)(H,23,25)/t17-/m1/s1. The number of aromatic nitrogens is 1. The van der Waals surface area contributed by atoms with E-state index in [-0.39, 0.29) is 6.42 Å². The Morgan fingerprint density at radius 1 is 1.12 bits per heavy atom. The largest absolute Gasteiger partial charge is 0.368 e. The number of pyridine rings is 1. The number of amides is 2. The van der Waals surface area contributed by atoms with Crippen molar-refractivity contribution in [3.63, 3.8) is 0 Å². The van der Waals surface area contributed by atoms with Crippen molar-refractivity contribution in [3.05, 3.63) is 77.7 Å². The molecule has 0 fully saturated rings. The summed E-state index contributed by atoms with van der Waals surface area (Å²) in [6.45, 7) is 0. The Bertz CT molecular complexity index is 937. The minimum absolute atomic E-state index is 0.113. The molecule has 1 atom stereocenters. The van der Waals surface area contributed by atoms with E-state index in [2.05, 4.69) is 10.3 Å². The zero-order valence-electron chi connectivity index (χ0n) is 13.3. The first-order valence-electron chi connectivity index (χ1n) is 7.73. The number of rotatable bonds is 5. The topological polar surface area (TPSA) is 85.1 Å². The molecule has 0 saturated carbocycles. The molecule has 0 bridgehead atoms. The van der Waals surface area contributed by atoms with Crippen molar-refractivity contribution in [1.82, 2.24) is 10.3 Å². The third-order valence-corrected chi connectivity index (χ3v) is 3.87. The Kier molecular flexibility index (Phi) is 4.70. The Morgan fingerprint density at radius 3 is 2.68 bits per heavy atom. The molecule has 0 radical (unpaired) electrons. The van der Waals surface area contributed by atoms with Crippen LogP contribution in [0.5, 0.6) is 0 Å². The molecule has 5 nitrogen and oxygen atoms in total. The molecule has 2 amide bonds. The van der Waals surface area contributed by atoms with Gasteiger partial charge in [0.1, 0.15) is 11.9 Å². The smallest absolute Gasteiger partial charge is 0.252 e. The van der Waals surface area contributed by atoms with Gasteiger partial charge in [0.25, 0.3) is 5.91 Å². The lowest BCUT2D eigenvalue weighted by molar-refractivity contribution is -0.119. The first-order chi connectivity index (χ1) is 12.0. The van der Waals surface area contributed by atoms with Crippen LogP contribution >= 0.6 is 0 Å². The second-order valence-electron chi connectivity index (χ2n) is 5.64. The van der Waals surface area contributed by atoms with Gasteiger partial charge >= 0.3 is 0 Å². The molecule has 6 heteroatoms. The number of nitrogens with zero attached hydrogens (tertiary/aromatic N) is 1. The van der Waals surface area contributed by atoms with Crippen molar-refractivity contribution < 1.29 is 14.0 Å². The summed E-state index contributed by atoms with van der Waals surface area (Å²) in [4.78, 5) is 28.5. The predicted octanol–water partition coefficient (Wildman–Crippen LogP) is 2.20. The van der Waals surface area contributed by atoms with Gasteiger partial charge in [0, 0.05) is 18.0 Å². The molecular weight excluding hydrogens is 321 g/mol. The van der Waals surface area contributed by atoms with Gasteiger partial charge in [0.2, 0.25) is 5.91 Å². The van der Waals surface area contributed by atoms with Crippen molar-refractivity contribution in [2.45, 2.75) is 12.5 Å². The van der Waals surface area contributed by atoms with E-state index in [4.69, 9.17) is 5.73 Å². The van der Waals surface area contributed by atoms with E-state index in [1.165, 1.54) is 18.3 Å². The summed E-state index contributed by atoms with van der Waals surface area (Å²) in [5.41, 5.74) is 7.05. The fourth-order valence-electron chi connectivity index (χ4n) is 2.65. The lowest BCUT2D eigenvalue weighted by Gasteiger charge is -2.16. The number of hydrogen-bond acceptors (Lipinski definition) is 3. The first-order valence-corrected chi connectivity index (χ1v) is 7.73. The van der Waals surface area contributed by atoms with Gasteiger partial charge in [-0.25, -0.2) is 4.39 Å². The number of carbonyl (C=O) groups is 2. The highest BCUT2D eigenvalue weighted by Crippen LogP contribution is 2.16. The summed E-state index contributed by atoms with van der Waals surface area (Å²) in [7, 11) is 0. The average molecular weight is 337 g/mol. The summed E-state index contributed by atoms with van der Waals surface area (Å²) in [5.74, 6) is -1.53. The molecule has 3 N–H and O–H groups in total. The Labute approximate surface area is 143 Å². The molecule has 0 aliphatic rings. The van der Waals surface area contributed by atoms with Crippen LogP contribution in [0.4, 0.5) is 4.39 Å². The number of halogens is 1. The number of primary amides is 1. The molecule has 2 aromatic carbocycles. The maximum atomic E-state index is 13.3. The van der Waals surface area contributed by atoms with Crippen molar-refractivity contribution in [2.75, 3.05) is 0 Å². The van der Waals surface area contributed by atoms with Crippen LogP contribution in [0.3, 0.4) is 0 Å². The Hall–Kier alpha value is -3.28. The number of para-hydroxylation sites is 1. The van der Waals surface area contributed by atoms with Gasteiger partial charge in [-0.05, 0) is 29.8 Å². The molecule has 0 unspecified atom stereocenters. The maximum absolute atomic E-state index is 13.3. The monoisotopic (exact) mass is 337 g/mol. The van der Waals surface area contributed by atoms with Crippen LogP contribution < -0.4 is 11.1 Å². The summed E-state index contributed by atoms with van der Waals surface area (Å²) < 4.78 is 13.3. The van der Waals surface area contributed by atoms with Gasteiger partial charge < -0.3 is 11.1 Å². The Morgan fingerprint density at radius 2 is 1.92 bits per heavy atom. The third kappa shape index (κ3) is 3.80. The van der Waals surface area contributed by atoms with E-state index in [9.17, 15) is 14.0 Å². The third-order valence-electron chi connectivity index (χ3n) is 3.87. The molecule has 3 aromatic rings.